The second-order valence-corrected chi connectivity index (χ2v) is 4.32. The maximum atomic E-state index is 12.0. The van der Waals surface area contributed by atoms with Gasteiger partial charge < -0.3 is 15.0 Å². The fourth-order valence-electron chi connectivity index (χ4n) is 2.10. The smallest absolute Gasteiger partial charge is 0.224 e. The van der Waals surface area contributed by atoms with Crippen molar-refractivity contribution in [3.8, 4) is 0 Å². The first kappa shape index (κ1) is 13.5. The van der Waals surface area contributed by atoms with Crippen LogP contribution in [-0.2, 0) is 9.53 Å². The fourth-order valence-corrected chi connectivity index (χ4v) is 2.10. The van der Waals surface area contributed by atoms with Crippen molar-refractivity contribution < 1.29 is 9.53 Å². The normalized spacial score (nSPS) is 20.8. The average molecular weight is 228 g/mol. The van der Waals surface area contributed by atoms with Crippen LogP contribution in [0.5, 0.6) is 0 Å². The largest absolute Gasteiger partial charge is 0.383 e. The monoisotopic (exact) mass is 228 g/mol. The Bertz CT molecular complexity index is 203. The minimum Gasteiger partial charge on any atom is -0.383 e. The maximum absolute atomic E-state index is 12.0. The van der Waals surface area contributed by atoms with Crippen LogP contribution in [0.25, 0.3) is 0 Å². The second-order valence-electron chi connectivity index (χ2n) is 4.32. The molecule has 0 saturated carbocycles. The van der Waals surface area contributed by atoms with E-state index in [-0.39, 0.29) is 5.91 Å². The zero-order chi connectivity index (χ0) is 11.8. The second kappa shape index (κ2) is 7.63. The summed E-state index contributed by atoms with van der Waals surface area (Å²) in [7, 11) is 1.67. The minimum atomic E-state index is 0.249. The Morgan fingerprint density at radius 2 is 2.31 bits per heavy atom. The minimum absolute atomic E-state index is 0.249. The van der Waals surface area contributed by atoms with Gasteiger partial charge in [0.1, 0.15) is 0 Å². The molecule has 94 valence electrons. The summed E-state index contributed by atoms with van der Waals surface area (Å²) in [5.41, 5.74) is 0. The molecule has 0 bridgehead atoms. The highest BCUT2D eigenvalue weighted by atomic mass is 16.5. The van der Waals surface area contributed by atoms with E-state index in [0.29, 0.717) is 25.6 Å². The first-order valence-corrected chi connectivity index (χ1v) is 6.28. The molecular formula is C12H24N2O2. The zero-order valence-corrected chi connectivity index (χ0v) is 10.5. The van der Waals surface area contributed by atoms with Gasteiger partial charge in [-0.1, -0.05) is 6.42 Å². The number of ether oxygens (including phenoxy) is 1. The van der Waals surface area contributed by atoms with Crippen molar-refractivity contribution in [3.05, 3.63) is 0 Å². The lowest BCUT2D eigenvalue weighted by Crippen LogP contribution is -2.41. The van der Waals surface area contributed by atoms with Gasteiger partial charge in [-0.05, 0) is 26.3 Å². The molecule has 1 fully saturated rings. The molecule has 1 aliphatic rings. The van der Waals surface area contributed by atoms with Gasteiger partial charge in [0.2, 0.25) is 5.91 Å². The molecule has 0 aliphatic carbocycles. The fraction of sp³-hybridized carbons (Fsp3) is 0.917. The molecule has 1 unspecified atom stereocenters. The van der Waals surface area contributed by atoms with Gasteiger partial charge in [0.15, 0.2) is 0 Å². The molecule has 4 heteroatoms. The summed E-state index contributed by atoms with van der Waals surface area (Å²) in [6, 6.07) is 0.387. The highest BCUT2D eigenvalue weighted by molar-refractivity contribution is 5.76. The number of methoxy groups -OCH3 is 1. The van der Waals surface area contributed by atoms with Crippen molar-refractivity contribution in [1.82, 2.24) is 10.2 Å². The molecule has 1 heterocycles. The van der Waals surface area contributed by atoms with Gasteiger partial charge in [0, 0.05) is 32.7 Å². The van der Waals surface area contributed by atoms with Crippen molar-refractivity contribution in [2.75, 3.05) is 33.4 Å². The molecule has 0 spiro atoms. The summed E-state index contributed by atoms with van der Waals surface area (Å²) < 4.78 is 5.00. The lowest BCUT2D eigenvalue weighted by Gasteiger charge is -2.26. The number of rotatable bonds is 6. The third-order valence-electron chi connectivity index (χ3n) is 3.13. The Hall–Kier alpha value is -0.610. The van der Waals surface area contributed by atoms with E-state index in [1.54, 1.807) is 7.11 Å². The highest BCUT2D eigenvalue weighted by Gasteiger charge is 2.19. The Balaban J connectivity index is 2.29. The Morgan fingerprint density at radius 3 is 2.88 bits per heavy atom. The van der Waals surface area contributed by atoms with Crippen LogP contribution < -0.4 is 5.32 Å². The van der Waals surface area contributed by atoms with Crippen LogP contribution in [0.1, 0.15) is 32.6 Å². The molecule has 1 saturated heterocycles. The van der Waals surface area contributed by atoms with Crippen molar-refractivity contribution in [2.24, 2.45) is 0 Å². The predicted molar refractivity (Wildman–Crippen MR) is 64.4 cm³/mol. The first-order chi connectivity index (χ1) is 7.77. The zero-order valence-electron chi connectivity index (χ0n) is 10.5. The summed E-state index contributed by atoms with van der Waals surface area (Å²) in [6.07, 6.45) is 4.26. The van der Waals surface area contributed by atoms with Crippen molar-refractivity contribution in [1.29, 1.82) is 0 Å². The van der Waals surface area contributed by atoms with Crippen LogP contribution in [-0.4, -0.2) is 50.2 Å². The van der Waals surface area contributed by atoms with Gasteiger partial charge in [0.25, 0.3) is 0 Å². The molecule has 0 radical (unpaired) electrons. The van der Waals surface area contributed by atoms with Crippen molar-refractivity contribution in [2.45, 2.75) is 38.6 Å². The summed E-state index contributed by atoms with van der Waals surface area (Å²) in [5, 5.41) is 3.41. The molecule has 1 amide bonds. The van der Waals surface area contributed by atoms with E-state index >= 15 is 0 Å². The van der Waals surface area contributed by atoms with Crippen LogP contribution in [0.15, 0.2) is 0 Å². The molecule has 1 N–H and O–H groups in total. The summed E-state index contributed by atoms with van der Waals surface area (Å²) >= 11 is 0. The van der Waals surface area contributed by atoms with E-state index in [1.165, 1.54) is 12.8 Å². The molecule has 0 aromatic rings. The number of amides is 1. The van der Waals surface area contributed by atoms with Gasteiger partial charge >= 0.3 is 0 Å². The molecule has 1 aliphatic heterocycles. The number of nitrogens with zero attached hydrogens (tertiary/aromatic N) is 1. The Morgan fingerprint density at radius 1 is 1.50 bits per heavy atom. The van der Waals surface area contributed by atoms with Crippen LogP contribution in [0.4, 0.5) is 0 Å². The lowest BCUT2D eigenvalue weighted by molar-refractivity contribution is -0.132. The quantitative estimate of drug-likeness (QED) is 0.738. The van der Waals surface area contributed by atoms with E-state index in [0.717, 1.165) is 19.5 Å². The molecule has 0 aromatic carbocycles. The maximum Gasteiger partial charge on any atom is 0.224 e. The highest BCUT2D eigenvalue weighted by Crippen LogP contribution is 2.11. The van der Waals surface area contributed by atoms with Gasteiger partial charge in [-0.15, -0.1) is 0 Å². The van der Waals surface area contributed by atoms with Crippen LogP contribution in [0, 0.1) is 0 Å². The standard InChI is InChI=1S/C12H24N2O2/c1-3-14(8-9-16-2)12(15)10-11-6-4-5-7-13-11/h11,13H,3-10H2,1-2H3. The molecule has 1 atom stereocenters. The number of hydrogen-bond acceptors (Lipinski definition) is 3. The van der Waals surface area contributed by atoms with Gasteiger partial charge in [-0.25, -0.2) is 0 Å². The lowest BCUT2D eigenvalue weighted by atomic mass is 10.0. The Labute approximate surface area is 98.3 Å². The van der Waals surface area contributed by atoms with Crippen LogP contribution in [0.3, 0.4) is 0 Å². The van der Waals surface area contributed by atoms with Crippen LogP contribution >= 0.6 is 0 Å². The predicted octanol–water partition coefficient (Wildman–Crippen LogP) is 1.01. The van der Waals surface area contributed by atoms with Gasteiger partial charge in [0.05, 0.1) is 6.61 Å². The first-order valence-electron chi connectivity index (χ1n) is 6.28. The Kier molecular flexibility index (Phi) is 6.42. The summed E-state index contributed by atoms with van der Waals surface area (Å²) in [6.45, 7) is 5.18. The van der Waals surface area contributed by atoms with E-state index in [2.05, 4.69) is 5.32 Å². The average Bonchev–Trinajstić information content (AvgIpc) is 2.31. The number of carbonyl (C=O) groups is 1. The number of likely N-dealkylation sites (N-methyl/N-ethyl adjacent to an activating group) is 1. The third kappa shape index (κ3) is 4.49. The number of nitrogens with one attached hydrogen (secondary N) is 1. The van der Waals surface area contributed by atoms with Gasteiger partial charge in [-0.2, -0.15) is 0 Å². The van der Waals surface area contributed by atoms with E-state index < -0.39 is 0 Å². The molecule has 16 heavy (non-hydrogen) atoms. The molecular weight excluding hydrogens is 204 g/mol. The van der Waals surface area contributed by atoms with Crippen molar-refractivity contribution >= 4 is 5.91 Å². The number of carbonyl (C=O) groups excluding carboxylic acids is 1. The molecule has 0 aromatic heterocycles. The summed E-state index contributed by atoms with van der Waals surface area (Å²) in [5.74, 6) is 0.249. The SMILES string of the molecule is CCN(CCOC)C(=O)CC1CCCCN1. The van der Waals surface area contributed by atoms with Gasteiger partial charge in [-0.3, -0.25) is 4.79 Å². The third-order valence-corrected chi connectivity index (χ3v) is 3.13. The number of hydrogen-bond donors (Lipinski definition) is 1. The van der Waals surface area contributed by atoms with E-state index in [9.17, 15) is 4.79 Å². The molecule has 1 rings (SSSR count). The van der Waals surface area contributed by atoms with E-state index in [1.807, 2.05) is 11.8 Å². The topological polar surface area (TPSA) is 41.6 Å². The molecule has 4 nitrogen and oxygen atoms in total. The van der Waals surface area contributed by atoms with E-state index in [4.69, 9.17) is 4.74 Å². The van der Waals surface area contributed by atoms with Crippen LogP contribution in [0.2, 0.25) is 0 Å². The number of piperidine rings is 1. The van der Waals surface area contributed by atoms with Crippen molar-refractivity contribution in [3.63, 3.8) is 0 Å². The summed E-state index contributed by atoms with van der Waals surface area (Å²) in [4.78, 5) is 13.9.